The molecule has 66 valence electrons. The van der Waals surface area contributed by atoms with Gasteiger partial charge in [-0.3, -0.25) is 0 Å². The molecule has 1 aliphatic heterocycles. The number of rotatable bonds is 2. The summed E-state index contributed by atoms with van der Waals surface area (Å²) in [5.74, 6) is 1.92. The zero-order valence-electron chi connectivity index (χ0n) is 7.16. The number of nitrogens with two attached hydrogens (primary N) is 1. The Morgan fingerprint density at radius 2 is 2.58 bits per heavy atom. The van der Waals surface area contributed by atoms with Crippen LogP contribution >= 0.6 is 0 Å². The van der Waals surface area contributed by atoms with Crippen LogP contribution in [0.25, 0.3) is 0 Å². The van der Waals surface area contributed by atoms with Gasteiger partial charge >= 0.3 is 0 Å². The average molecular weight is 165 g/mol. The number of hydrogen-bond donors (Lipinski definition) is 2. The van der Waals surface area contributed by atoms with Gasteiger partial charge in [-0.05, 0) is 31.0 Å². The second-order valence-electron chi connectivity index (χ2n) is 3.39. The lowest BCUT2D eigenvalue weighted by atomic mass is 10.1. The summed E-state index contributed by atoms with van der Waals surface area (Å²) in [5, 5.41) is 0. The first-order valence-corrected chi connectivity index (χ1v) is 4.48. The summed E-state index contributed by atoms with van der Waals surface area (Å²) < 4.78 is 0. The Balaban J connectivity index is 2.00. The summed E-state index contributed by atoms with van der Waals surface area (Å²) in [7, 11) is 0. The van der Waals surface area contributed by atoms with Gasteiger partial charge in [-0.15, -0.1) is 0 Å². The van der Waals surface area contributed by atoms with E-state index in [0.717, 1.165) is 19.6 Å². The van der Waals surface area contributed by atoms with Gasteiger partial charge in [-0.25, -0.2) is 0 Å². The van der Waals surface area contributed by atoms with Crippen LogP contribution in [-0.4, -0.2) is 24.6 Å². The van der Waals surface area contributed by atoms with Gasteiger partial charge in [0.2, 0.25) is 0 Å². The molecule has 1 aromatic rings. The van der Waals surface area contributed by atoms with Crippen LogP contribution in [0.2, 0.25) is 0 Å². The highest BCUT2D eigenvalue weighted by Gasteiger charge is 2.21. The van der Waals surface area contributed by atoms with Crippen LogP contribution in [0.3, 0.4) is 0 Å². The first kappa shape index (κ1) is 7.68. The van der Waals surface area contributed by atoms with E-state index in [0.29, 0.717) is 5.92 Å². The molecule has 3 nitrogen and oxygen atoms in total. The fraction of sp³-hybridized carbons (Fsp3) is 0.556. The molecule has 1 aliphatic rings. The van der Waals surface area contributed by atoms with E-state index in [4.69, 9.17) is 5.73 Å². The fourth-order valence-electron chi connectivity index (χ4n) is 1.76. The van der Waals surface area contributed by atoms with E-state index < -0.39 is 0 Å². The third kappa shape index (κ3) is 1.32. The summed E-state index contributed by atoms with van der Waals surface area (Å²) in [6, 6.07) is 4.14. The van der Waals surface area contributed by atoms with Gasteiger partial charge in [-0.2, -0.15) is 0 Å². The molecule has 1 saturated heterocycles. The molecule has 0 radical (unpaired) electrons. The van der Waals surface area contributed by atoms with Crippen LogP contribution in [0.5, 0.6) is 0 Å². The van der Waals surface area contributed by atoms with Gasteiger partial charge in [0.15, 0.2) is 0 Å². The van der Waals surface area contributed by atoms with Crippen molar-refractivity contribution in [3.05, 3.63) is 18.3 Å². The van der Waals surface area contributed by atoms with Crippen molar-refractivity contribution in [2.75, 3.05) is 24.5 Å². The van der Waals surface area contributed by atoms with E-state index in [1.807, 2.05) is 12.3 Å². The summed E-state index contributed by atoms with van der Waals surface area (Å²) in [4.78, 5) is 5.57. The molecule has 0 aromatic carbocycles. The predicted molar refractivity (Wildman–Crippen MR) is 50.2 cm³/mol. The molecule has 12 heavy (non-hydrogen) atoms. The van der Waals surface area contributed by atoms with Crippen molar-refractivity contribution in [1.29, 1.82) is 0 Å². The molecular weight excluding hydrogens is 150 g/mol. The van der Waals surface area contributed by atoms with Gasteiger partial charge in [0.05, 0.1) is 0 Å². The molecule has 3 N–H and O–H groups in total. The molecule has 2 rings (SSSR count). The summed E-state index contributed by atoms with van der Waals surface area (Å²) in [5.41, 5.74) is 5.61. The lowest BCUT2D eigenvalue weighted by Gasteiger charge is -2.15. The third-order valence-electron chi connectivity index (χ3n) is 2.54. The number of hydrogen-bond acceptors (Lipinski definition) is 2. The SMILES string of the molecule is NCC1CCN(c2ccc[nH]2)C1. The number of aromatic amines is 1. The van der Waals surface area contributed by atoms with Crippen molar-refractivity contribution >= 4 is 5.82 Å². The van der Waals surface area contributed by atoms with Crippen molar-refractivity contribution in [3.8, 4) is 0 Å². The lowest BCUT2D eigenvalue weighted by molar-refractivity contribution is 0.602. The van der Waals surface area contributed by atoms with Crippen LogP contribution in [0.4, 0.5) is 5.82 Å². The molecular formula is C9H15N3. The number of nitrogens with one attached hydrogen (secondary N) is 1. The zero-order chi connectivity index (χ0) is 8.39. The van der Waals surface area contributed by atoms with Crippen molar-refractivity contribution < 1.29 is 0 Å². The second kappa shape index (κ2) is 3.19. The molecule has 0 bridgehead atoms. The number of aromatic nitrogens is 1. The van der Waals surface area contributed by atoms with Crippen LogP contribution in [0, 0.1) is 5.92 Å². The van der Waals surface area contributed by atoms with Crippen molar-refractivity contribution in [1.82, 2.24) is 4.98 Å². The van der Waals surface area contributed by atoms with Gasteiger partial charge in [-0.1, -0.05) is 0 Å². The van der Waals surface area contributed by atoms with E-state index in [9.17, 15) is 0 Å². The molecule has 0 amide bonds. The monoisotopic (exact) mass is 165 g/mol. The summed E-state index contributed by atoms with van der Waals surface area (Å²) in [6.45, 7) is 3.07. The minimum absolute atomic E-state index is 0.688. The maximum atomic E-state index is 5.61. The maximum Gasteiger partial charge on any atom is 0.105 e. The number of nitrogens with zero attached hydrogens (tertiary/aromatic N) is 1. The van der Waals surface area contributed by atoms with Crippen LogP contribution in [-0.2, 0) is 0 Å². The molecule has 1 fully saturated rings. The number of H-pyrrole nitrogens is 1. The molecule has 1 unspecified atom stereocenters. The van der Waals surface area contributed by atoms with Crippen molar-refractivity contribution in [3.63, 3.8) is 0 Å². The Morgan fingerprint density at radius 3 is 3.17 bits per heavy atom. The highest BCUT2D eigenvalue weighted by Crippen LogP contribution is 2.20. The van der Waals surface area contributed by atoms with Crippen LogP contribution in [0.1, 0.15) is 6.42 Å². The van der Waals surface area contributed by atoms with Crippen molar-refractivity contribution in [2.45, 2.75) is 6.42 Å². The van der Waals surface area contributed by atoms with Gasteiger partial charge in [0.1, 0.15) is 5.82 Å². The smallest absolute Gasteiger partial charge is 0.105 e. The van der Waals surface area contributed by atoms with Gasteiger partial charge < -0.3 is 15.6 Å². The Labute approximate surface area is 72.6 Å². The Kier molecular flexibility index (Phi) is 2.04. The molecule has 1 aromatic heterocycles. The van der Waals surface area contributed by atoms with Gasteiger partial charge in [0.25, 0.3) is 0 Å². The van der Waals surface area contributed by atoms with E-state index in [1.165, 1.54) is 12.2 Å². The highest BCUT2D eigenvalue weighted by atomic mass is 15.2. The molecule has 0 aliphatic carbocycles. The summed E-state index contributed by atoms with van der Waals surface area (Å²) in [6.07, 6.45) is 3.20. The maximum absolute atomic E-state index is 5.61. The van der Waals surface area contributed by atoms with E-state index in [-0.39, 0.29) is 0 Å². The second-order valence-corrected chi connectivity index (χ2v) is 3.39. The van der Waals surface area contributed by atoms with E-state index >= 15 is 0 Å². The average Bonchev–Trinajstić information content (AvgIpc) is 2.75. The van der Waals surface area contributed by atoms with Crippen LogP contribution in [0.15, 0.2) is 18.3 Å². The largest absolute Gasteiger partial charge is 0.358 e. The molecule has 0 saturated carbocycles. The molecule has 1 atom stereocenters. The topological polar surface area (TPSA) is 45.0 Å². The first-order chi connectivity index (χ1) is 5.90. The minimum atomic E-state index is 0.688. The van der Waals surface area contributed by atoms with Gasteiger partial charge in [0, 0.05) is 19.3 Å². The van der Waals surface area contributed by atoms with E-state index in [1.54, 1.807) is 0 Å². The molecule has 0 spiro atoms. The first-order valence-electron chi connectivity index (χ1n) is 4.48. The Hall–Kier alpha value is -0.960. The normalized spacial score (nSPS) is 23.4. The predicted octanol–water partition coefficient (Wildman–Crippen LogP) is 0.800. The quantitative estimate of drug-likeness (QED) is 0.681. The van der Waals surface area contributed by atoms with E-state index in [2.05, 4.69) is 16.0 Å². The minimum Gasteiger partial charge on any atom is -0.358 e. The fourth-order valence-corrected chi connectivity index (χ4v) is 1.76. The lowest BCUT2D eigenvalue weighted by Crippen LogP contribution is -2.22. The van der Waals surface area contributed by atoms with Crippen molar-refractivity contribution in [2.24, 2.45) is 11.7 Å². The third-order valence-corrected chi connectivity index (χ3v) is 2.54. The molecule has 3 heteroatoms. The summed E-state index contributed by atoms with van der Waals surface area (Å²) >= 11 is 0. The standard InChI is InChI=1S/C9H15N3/c10-6-8-3-5-12(7-8)9-2-1-4-11-9/h1-2,4,8,11H,3,5-7,10H2. The Morgan fingerprint density at radius 1 is 1.67 bits per heavy atom. The zero-order valence-corrected chi connectivity index (χ0v) is 7.16. The molecule has 2 heterocycles. The number of anilines is 1. The highest BCUT2D eigenvalue weighted by molar-refractivity contribution is 5.39. The Bertz CT molecular complexity index is 230. The van der Waals surface area contributed by atoms with Crippen LogP contribution < -0.4 is 10.6 Å².